The van der Waals surface area contributed by atoms with Gasteiger partial charge >= 0.3 is 5.97 Å². The molecule has 3 heteroatoms. The van der Waals surface area contributed by atoms with E-state index in [2.05, 4.69) is 18.8 Å². The topological polar surface area (TPSA) is 37.3 Å². The minimum Gasteiger partial charge on any atom is -0.481 e. The van der Waals surface area contributed by atoms with Gasteiger partial charge < -0.3 is 5.11 Å². The molecule has 0 unspecified atom stereocenters. The van der Waals surface area contributed by atoms with Gasteiger partial charge in [-0.05, 0) is 29.9 Å². The van der Waals surface area contributed by atoms with Crippen LogP contribution in [0.5, 0.6) is 0 Å². The second kappa shape index (κ2) is 3.69. The van der Waals surface area contributed by atoms with Crippen molar-refractivity contribution in [2.24, 2.45) is 5.41 Å². The number of hydrogen-bond acceptors (Lipinski definition) is 1. The van der Waals surface area contributed by atoms with E-state index in [4.69, 9.17) is 5.11 Å². The molecule has 0 aliphatic rings. The van der Waals surface area contributed by atoms with E-state index >= 15 is 0 Å². The maximum Gasteiger partial charge on any atom is 0.303 e. The lowest BCUT2D eigenvalue weighted by Crippen LogP contribution is -2.24. The molecule has 0 amide bonds. The molecule has 0 spiro atoms. The maximum atomic E-state index is 10.5. The van der Waals surface area contributed by atoms with Crippen LogP contribution in [0.15, 0.2) is 0 Å². The Morgan fingerprint density at radius 3 is 2.00 bits per heavy atom. The third-order valence-corrected chi connectivity index (χ3v) is 3.10. The summed E-state index contributed by atoms with van der Waals surface area (Å²) in [5, 5.41) is 8.66. The molecule has 0 fully saturated rings. The van der Waals surface area contributed by atoms with E-state index in [9.17, 15) is 4.79 Å². The number of carbonyl (C=O) groups is 1. The summed E-state index contributed by atoms with van der Waals surface area (Å²) in [5.41, 5.74) is -0.0561. The first-order chi connectivity index (χ1) is 5.12. The number of carboxylic acid groups (broad SMARTS) is 1. The van der Waals surface area contributed by atoms with Crippen molar-refractivity contribution in [2.45, 2.75) is 20.3 Å². The maximum absolute atomic E-state index is 10.5. The van der Waals surface area contributed by atoms with Crippen LogP contribution in [0.2, 0.25) is 0 Å². The first kappa shape index (κ1) is 11.8. The fourth-order valence-corrected chi connectivity index (χ4v) is 4.08. The molecule has 0 aromatic heterocycles. The normalized spacial score (nSPS) is 14.4. The molecule has 0 heterocycles. The zero-order valence-corrected chi connectivity index (χ0v) is 9.49. The Hall–Kier alpha value is -0.180. The standard InChI is InChI=1S/C9H20O2S/c1-9(2,6-8(10)11)7-12(3,4)5/h6-7H2,1-5H3,(H,10,11). The predicted molar refractivity (Wildman–Crippen MR) is 56.3 cm³/mol. The highest BCUT2D eigenvalue weighted by Gasteiger charge is 2.25. The van der Waals surface area contributed by atoms with E-state index in [0.717, 1.165) is 5.75 Å². The third kappa shape index (κ3) is 6.53. The smallest absolute Gasteiger partial charge is 0.303 e. The van der Waals surface area contributed by atoms with Crippen molar-refractivity contribution >= 4 is 16.0 Å². The zero-order chi connectivity index (χ0) is 9.99. The highest BCUT2D eigenvalue weighted by atomic mass is 32.3. The molecule has 74 valence electrons. The number of hydrogen-bond donors (Lipinski definition) is 1. The lowest BCUT2D eigenvalue weighted by atomic mass is 9.92. The Bertz CT molecular complexity index is 168. The van der Waals surface area contributed by atoms with E-state index in [1.54, 1.807) is 0 Å². The SMILES string of the molecule is CC(C)(CC(=O)O)CS(C)(C)C. The molecule has 0 rings (SSSR count). The molecule has 1 N–H and O–H groups in total. The average molecular weight is 192 g/mol. The molecular formula is C9H20O2S. The van der Waals surface area contributed by atoms with Crippen molar-refractivity contribution in [3.05, 3.63) is 0 Å². The second-order valence-electron chi connectivity index (χ2n) is 4.97. The second-order valence-corrected chi connectivity index (χ2v) is 9.44. The van der Waals surface area contributed by atoms with Crippen LogP contribution in [0, 0.1) is 5.41 Å². The Balaban J connectivity index is 4.13. The van der Waals surface area contributed by atoms with Crippen molar-refractivity contribution in [1.82, 2.24) is 0 Å². The van der Waals surface area contributed by atoms with Crippen LogP contribution >= 0.6 is 10.0 Å². The summed E-state index contributed by atoms with van der Waals surface area (Å²) in [6.45, 7) is 4.05. The van der Waals surface area contributed by atoms with Gasteiger partial charge in [-0.1, -0.05) is 13.8 Å². The highest BCUT2D eigenvalue weighted by molar-refractivity contribution is 8.32. The third-order valence-electron chi connectivity index (χ3n) is 1.45. The van der Waals surface area contributed by atoms with E-state index in [1.165, 1.54) is 0 Å². The van der Waals surface area contributed by atoms with Crippen LogP contribution in [0.4, 0.5) is 0 Å². The Morgan fingerprint density at radius 1 is 1.33 bits per heavy atom. The van der Waals surface area contributed by atoms with Crippen LogP contribution in [0.25, 0.3) is 0 Å². The molecular weight excluding hydrogens is 172 g/mol. The van der Waals surface area contributed by atoms with Gasteiger partial charge in [0.1, 0.15) is 0 Å². The van der Waals surface area contributed by atoms with E-state index < -0.39 is 16.0 Å². The summed E-state index contributed by atoms with van der Waals surface area (Å²) in [6.07, 6.45) is 6.93. The van der Waals surface area contributed by atoms with Crippen molar-refractivity contribution < 1.29 is 9.90 Å². The van der Waals surface area contributed by atoms with Crippen LogP contribution in [-0.2, 0) is 4.79 Å². The highest BCUT2D eigenvalue weighted by Crippen LogP contribution is 2.42. The van der Waals surface area contributed by atoms with Crippen molar-refractivity contribution in [3.63, 3.8) is 0 Å². The molecule has 0 saturated heterocycles. The summed E-state index contributed by atoms with van der Waals surface area (Å²) >= 11 is 0. The fourth-order valence-electron chi connectivity index (χ4n) is 1.63. The van der Waals surface area contributed by atoms with Crippen molar-refractivity contribution in [2.75, 3.05) is 24.5 Å². The summed E-state index contributed by atoms with van der Waals surface area (Å²) in [4.78, 5) is 10.5. The summed E-state index contributed by atoms with van der Waals surface area (Å²) in [5.74, 6) is 0.329. The van der Waals surface area contributed by atoms with Crippen LogP contribution in [0.1, 0.15) is 20.3 Å². The van der Waals surface area contributed by atoms with Crippen LogP contribution in [0.3, 0.4) is 0 Å². The van der Waals surface area contributed by atoms with E-state index in [1.807, 2.05) is 13.8 Å². The number of rotatable bonds is 4. The number of carboxylic acids is 1. The summed E-state index contributed by atoms with van der Waals surface area (Å²) in [6, 6.07) is 0. The van der Waals surface area contributed by atoms with E-state index in [-0.39, 0.29) is 11.8 Å². The van der Waals surface area contributed by atoms with Gasteiger partial charge in [-0.3, -0.25) is 4.79 Å². The molecule has 0 aliphatic heterocycles. The Labute approximate surface area is 76.7 Å². The van der Waals surface area contributed by atoms with Crippen LogP contribution < -0.4 is 0 Å². The van der Waals surface area contributed by atoms with Crippen LogP contribution in [-0.4, -0.2) is 35.6 Å². The van der Waals surface area contributed by atoms with Gasteiger partial charge in [0.05, 0.1) is 6.42 Å². The molecule has 0 saturated carbocycles. The predicted octanol–water partition coefficient (Wildman–Crippen LogP) is 2.18. The van der Waals surface area contributed by atoms with E-state index in [0.29, 0.717) is 0 Å². The molecule has 0 atom stereocenters. The molecule has 0 aromatic carbocycles. The first-order valence-corrected chi connectivity index (χ1v) is 7.03. The molecule has 2 nitrogen and oxygen atoms in total. The van der Waals surface area contributed by atoms with Gasteiger partial charge in [0, 0.05) is 0 Å². The first-order valence-electron chi connectivity index (χ1n) is 4.00. The zero-order valence-electron chi connectivity index (χ0n) is 8.68. The lowest BCUT2D eigenvalue weighted by molar-refractivity contribution is -0.138. The van der Waals surface area contributed by atoms with Gasteiger partial charge in [-0.25, -0.2) is 10.0 Å². The molecule has 0 aromatic rings. The fraction of sp³-hybridized carbons (Fsp3) is 0.889. The Kier molecular flexibility index (Phi) is 3.63. The van der Waals surface area contributed by atoms with Gasteiger partial charge in [0.15, 0.2) is 0 Å². The molecule has 0 aliphatic carbocycles. The molecule has 0 radical (unpaired) electrons. The largest absolute Gasteiger partial charge is 0.481 e. The Morgan fingerprint density at radius 2 is 1.75 bits per heavy atom. The van der Waals surface area contributed by atoms with Gasteiger partial charge in [-0.2, -0.15) is 0 Å². The summed E-state index contributed by atoms with van der Waals surface area (Å²) in [7, 11) is -0.591. The van der Waals surface area contributed by atoms with Gasteiger partial charge in [-0.15, -0.1) is 0 Å². The van der Waals surface area contributed by atoms with Crippen molar-refractivity contribution in [3.8, 4) is 0 Å². The molecule has 12 heavy (non-hydrogen) atoms. The molecule has 0 bridgehead atoms. The monoisotopic (exact) mass is 192 g/mol. The summed E-state index contributed by atoms with van der Waals surface area (Å²) < 4.78 is 0. The number of aliphatic carboxylic acids is 1. The minimum absolute atomic E-state index is 0.0561. The quantitative estimate of drug-likeness (QED) is 0.741. The minimum atomic E-state index is -0.691. The van der Waals surface area contributed by atoms with Crippen molar-refractivity contribution in [1.29, 1.82) is 0 Å². The van der Waals surface area contributed by atoms with Gasteiger partial charge in [0.2, 0.25) is 0 Å². The lowest BCUT2D eigenvalue weighted by Gasteiger charge is -2.35. The average Bonchev–Trinajstić information content (AvgIpc) is 1.48. The van der Waals surface area contributed by atoms with Gasteiger partial charge in [0.25, 0.3) is 0 Å².